The number of benzene rings is 3. The Morgan fingerprint density at radius 1 is 0.886 bits per heavy atom. The fourth-order valence-corrected chi connectivity index (χ4v) is 4.21. The molecule has 1 saturated heterocycles. The zero-order valence-corrected chi connectivity index (χ0v) is 19.2. The lowest BCUT2D eigenvalue weighted by molar-refractivity contribution is -0.126. The van der Waals surface area contributed by atoms with E-state index in [1.54, 1.807) is 36.4 Å². The maximum absolute atomic E-state index is 13.2. The number of anilines is 1. The van der Waals surface area contributed by atoms with Crippen molar-refractivity contribution in [2.45, 2.75) is 31.5 Å². The van der Waals surface area contributed by atoms with Crippen LogP contribution in [0.25, 0.3) is 0 Å². The van der Waals surface area contributed by atoms with Gasteiger partial charge in [0.15, 0.2) is 12.1 Å². The number of carbonyl (C=O) groups is 3. The van der Waals surface area contributed by atoms with Gasteiger partial charge in [0.1, 0.15) is 0 Å². The van der Waals surface area contributed by atoms with Crippen LogP contribution in [0.4, 0.5) is 10.5 Å². The van der Waals surface area contributed by atoms with E-state index in [0.717, 1.165) is 18.4 Å². The van der Waals surface area contributed by atoms with Crippen molar-refractivity contribution in [1.82, 2.24) is 10.2 Å². The summed E-state index contributed by atoms with van der Waals surface area (Å²) in [5, 5.41) is 5.87. The van der Waals surface area contributed by atoms with Gasteiger partial charge in [0.05, 0.1) is 6.54 Å². The Kier molecular flexibility index (Phi) is 6.48. The number of nitrogens with zero attached hydrogens (tertiary/aromatic N) is 1. The highest BCUT2D eigenvalue weighted by Gasteiger charge is 2.47. The Balaban J connectivity index is 1.34. The predicted molar refractivity (Wildman–Crippen MR) is 132 cm³/mol. The van der Waals surface area contributed by atoms with E-state index in [9.17, 15) is 14.4 Å². The number of carbonyl (C=O) groups excluding carboxylic acids is 3. The second-order valence-electron chi connectivity index (χ2n) is 8.99. The molecule has 2 aliphatic rings. The van der Waals surface area contributed by atoms with Gasteiger partial charge in [0.25, 0.3) is 5.91 Å². The van der Waals surface area contributed by atoms with Gasteiger partial charge in [-0.05, 0) is 54.2 Å². The van der Waals surface area contributed by atoms with Crippen LogP contribution in [0.3, 0.4) is 0 Å². The molecule has 0 bridgehead atoms. The van der Waals surface area contributed by atoms with Crippen LogP contribution in [-0.2, 0) is 16.1 Å². The molecule has 7 heteroatoms. The molecule has 1 saturated carbocycles. The normalized spacial score (nSPS) is 19.2. The minimum Gasteiger partial charge on any atom is -0.438 e. The van der Waals surface area contributed by atoms with Crippen molar-refractivity contribution in [2.24, 2.45) is 5.92 Å². The molecule has 7 nitrogen and oxygen atoms in total. The molecule has 5 rings (SSSR count). The van der Waals surface area contributed by atoms with Crippen molar-refractivity contribution >= 4 is 23.6 Å². The Hall–Kier alpha value is -4.13. The lowest BCUT2D eigenvalue weighted by Crippen LogP contribution is -2.46. The zero-order chi connectivity index (χ0) is 24.2. The monoisotopic (exact) mass is 469 g/mol. The third kappa shape index (κ3) is 5.35. The summed E-state index contributed by atoms with van der Waals surface area (Å²) >= 11 is 0. The molecule has 2 atom stereocenters. The smallest absolute Gasteiger partial charge is 0.411 e. The number of amides is 3. The molecule has 3 amide bonds. The Morgan fingerprint density at radius 3 is 2.20 bits per heavy atom. The zero-order valence-electron chi connectivity index (χ0n) is 19.2. The quantitative estimate of drug-likeness (QED) is 0.508. The first-order valence-corrected chi connectivity index (χ1v) is 11.8. The summed E-state index contributed by atoms with van der Waals surface area (Å²) in [6.07, 6.45) is 0.970. The van der Waals surface area contributed by atoms with Crippen LogP contribution in [-0.4, -0.2) is 35.4 Å². The second kappa shape index (κ2) is 10.0. The van der Waals surface area contributed by atoms with E-state index >= 15 is 0 Å². The van der Waals surface area contributed by atoms with Crippen molar-refractivity contribution < 1.29 is 19.1 Å². The number of hydrogen-bond acceptors (Lipinski definition) is 4. The van der Waals surface area contributed by atoms with Crippen LogP contribution >= 0.6 is 0 Å². The Bertz CT molecular complexity index is 1190. The number of rotatable bonds is 8. The molecule has 35 heavy (non-hydrogen) atoms. The van der Waals surface area contributed by atoms with Crippen LogP contribution in [0.15, 0.2) is 84.9 Å². The minimum atomic E-state index is -0.786. The first-order chi connectivity index (χ1) is 17.1. The molecular weight excluding hydrogens is 442 g/mol. The molecule has 1 aliphatic carbocycles. The van der Waals surface area contributed by atoms with Crippen LogP contribution < -0.4 is 10.6 Å². The summed E-state index contributed by atoms with van der Waals surface area (Å²) in [5.41, 5.74) is 2.79. The van der Waals surface area contributed by atoms with Gasteiger partial charge in [-0.2, -0.15) is 0 Å². The highest BCUT2D eigenvalue weighted by molar-refractivity contribution is 6.04. The maximum atomic E-state index is 13.2. The van der Waals surface area contributed by atoms with Crippen molar-refractivity contribution in [3.8, 4) is 0 Å². The van der Waals surface area contributed by atoms with Crippen molar-refractivity contribution in [2.75, 3.05) is 11.9 Å². The first kappa shape index (κ1) is 22.7. The Morgan fingerprint density at radius 2 is 1.54 bits per heavy atom. The average molecular weight is 470 g/mol. The molecule has 0 radical (unpaired) electrons. The molecule has 178 valence electrons. The molecule has 2 N–H and O–H groups in total. The van der Waals surface area contributed by atoms with Gasteiger partial charge < -0.3 is 15.4 Å². The Labute approximate surface area is 204 Å². The number of nitrogens with one attached hydrogen (secondary N) is 2. The fourth-order valence-electron chi connectivity index (χ4n) is 4.21. The molecule has 1 aliphatic heterocycles. The minimum absolute atomic E-state index is 0.211. The lowest BCUT2D eigenvalue weighted by atomic mass is 10.00. The van der Waals surface area contributed by atoms with Gasteiger partial charge >= 0.3 is 6.09 Å². The summed E-state index contributed by atoms with van der Waals surface area (Å²) in [5.74, 6) is 0.0904. The fraction of sp³-hybridized carbons (Fsp3) is 0.250. The molecule has 1 heterocycles. The largest absolute Gasteiger partial charge is 0.438 e. The molecule has 3 aromatic rings. The van der Waals surface area contributed by atoms with E-state index in [0.29, 0.717) is 29.3 Å². The SMILES string of the molecule is O=C(Nc1ccc(C2OC(=O)N(Cc3ccccc3)C2C(=O)NCC2CC2)cc1)c1ccccc1. The first-order valence-electron chi connectivity index (χ1n) is 11.8. The maximum Gasteiger partial charge on any atom is 0.411 e. The molecular formula is C28H27N3O4. The summed E-state index contributed by atoms with van der Waals surface area (Å²) < 4.78 is 5.72. The van der Waals surface area contributed by atoms with E-state index in [2.05, 4.69) is 10.6 Å². The average Bonchev–Trinajstić information content (AvgIpc) is 3.67. The van der Waals surface area contributed by atoms with Crippen LogP contribution in [0.2, 0.25) is 0 Å². The summed E-state index contributed by atoms with van der Waals surface area (Å²) in [6, 6.07) is 24.8. The van der Waals surface area contributed by atoms with E-state index in [4.69, 9.17) is 4.74 Å². The highest BCUT2D eigenvalue weighted by Crippen LogP contribution is 2.35. The van der Waals surface area contributed by atoms with Crippen LogP contribution in [0.1, 0.15) is 40.4 Å². The van der Waals surface area contributed by atoms with Gasteiger partial charge in [-0.15, -0.1) is 0 Å². The van der Waals surface area contributed by atoms with Crippen LogP contribution in [0.5, 0.6) is 0 Å². The number of ether oxygens (including phenoxy) is 1. The van der Waals surface area contributed by atoms with E-state index in [1.165, 1.54) is 4.90 Å². The molecule has 0 aromatic heterocycles. The van der Waals surface area contributed by atoms with E-state index in [-0.39, 0.29) is 18.4 Å². The summed E-state index contributed by atoms with van der Waals surface area (Å²) in [7, 11) is 0. The second-order valence-corrected chi connectivity index (χ2v) is 8.99. The van der Waals surface area contributed by atoms with Gasteiger partial charge in [-0.1, -0.05) is 60.7 Å². The van der Waals surface area contributed by atoms with Gasteiger partial charge in [-0.25, -0.2) is 4.79 Å². The predicted octanol–water partition coefficient (Wildman–Crippen LogP) is 4.53. The standard InChI is InChI=1S/C28H27N3O4/c32-26(22-9-5-2-6-10-22)30-23-15-13-21(14-16-23)25-24(27(33)29-17-19-11-12-19)31(28(34)35-25)18-20-7-3-1-4-8-20/h1-10,13-16,19,24-25H,11-12,17-18H2,(H,29,33)(H,30,32). The van der Waals surface area contributed by atoms with Gasteiger partial charge in [0.2, 0.25) is 5.91 Å². The number of hydrogen-bond donors (Lipinski definition) is 2. The lowest BCUT2D eigenvalue weighted by Gasteiger charge is -2.24. The van der Waals surface area contributed by atoms with Gasteiger partial charge in [0, 0.05) is 17.8 Å². The van der Waals surface area contributed by atoms with Crippen LogP contribution in [0, 0.1) is 5.92 Å². The van der Waals surface area contributed by atoms with Crippen molar-refractivity contribution in [1.29, 1.82) is 0 Å². The van der Waals surface area contributed by atoms with Crippen molar-refractivity contribution in [3.05, 3.63) is 102 Å². The van der Waals surface area contributed by atoms with Crippen molar-refractivity contribution in [3.63, 3.8) is 0 Å². The molecule has 3 aromatic carbocycles. The third-order valence-corrected chi connectivity index (χ3v) is 6.34. The summed E-state index contributed by atoms with van der Waals surface area (Å²) in [4.78, 5) is 40.0. The topological polar surface area (TPSA) is 87.7 Å². The highest BCUT2D eigenvalue weighted by atomic mass is 16.6. The molecule has 0 spiro atoms. The third-order valence-electron chi connectivity index (χ3n) is 6.34. The molecule has 2 unspecified atom stereocenters. The van der Waals surface area contributed by atoms with E-state index < -0.39 is 18.2 Å². The summed E-state index contributed by atoms with van der Waals surface area (Å²) in [6.45, 7) is 0.892. The van der Waals surface area contributed by atoms with E-state index in [1.807, 2.05) is 48.5 Å². The number of cyclic esters (lactones) is 1. The molecule has 2 fully saturated rings. The van der Waals surface area contributed by atoms with Gasteiger partial charge in [-0.3, -0.25) is 14.5 Å².